The van der Waals surface area contributed by atoms with Gasteiger partial charge in [0.1, 0.15) is 0 Å². The number of thioether (sulfide) groups is 1. The van der Waals surface area contributed by atoms with E-state index in [0.29, 0.717) is 34.2 Å². The molecule has 0 saturated carbocycles. The molecular formula is C19H15N3O5S. The summed E-state index contributed by atoms with van der Waals surface area (Å²) in [5.74, 6) is 1.41. The number of carbonyl (C=O) groups excluding carboxylic acids is 2. The van der Waals surface area contributed by atoms with Crippen LogP contribution in [0.1, 0.15) is 17.3 Å². The standard InChI is InChI=1S/C19H15N3O5S/c1-11(23)12-3-2-4-14(7-12)20-17(24)9-28-19-22-21-18(27-19)13-5-6-15-16(8-13)26-10-25-15/h2-8H,9-10H2,1H3,(H,20,24). The van der Waals surface area contributed by atoms with Gasteiger partial charge in [0.25, 0.3) is 5.22 Å². The smallest absolute Gasteiger partial charge is 0.277 e. The molecule has 1 amide bonds. The monoisotopic (exact) mass is 397 g/mol. The van der Waals surface area contributed by atoms with Crippen molar-refractivity contribution in [1.29, 1.82) is 0 Å². The molecule has 1 aliphatic rings. The Morgan fingerprint density at radius 3 is 2.82 bits per heavy atom. The van der Waals surface area contributed by atoms with Crippen LogP contribution in [0.3, 0.4) is 0 Å². The zero-order chi connectivity index (χ0) is 19.5. The van der Waals surface area contributed by atoms with Crippen LogP contribution in [0.5, 0.6) is 11.5 Å². The highest BCUT2D eigenvalue weighted by atomic mass is 32.2. The van der Waals surface area contributed by atoms with Crippen LogP contribution in [0, 0.1) is 0 Å². The predicted octanol–water partition coefficient (Wildman–Crippen LogP) is 3.40. The summed E-state index contributed by atoms with van der Waals surface area (Å²) < 4.78 is 16.2. The molecule has 2 heterocycles. The van der Waals surface area contributed by atoms with Gasteiger partial charge < -0.3 is 19.2 Å². The molecule has 142 valence electrons. The minimum Gasteiger partial charge on any atom is -0.454 e. The highest BCUT2D eigenvalue weighted by Gasteiger charge is 2.17. The third-order valence-electron chi connectivity index (χ3n) is 3.91. The van der Waals surface area contributed by atoms with Crippen molar-refractivity contribution < 1.29 is 23.5 Å². The van der Waals surface area contributed by atoms with E-state index in [-0.39, 0.29) is 29.5 Å². The highest BCUT2D eigenvalue weighted by Crippen LogP contribution is 2.36. The molecule has 9 heteroatoms. The summed E-state index contributed by atoms with van der Waals surface area (Å²) in [5.41, 5.74) is 1.80. The van der Waals surface area contributed by atoms with E-state index in [1.54, 1.807) is 42.5 Å². The van der Waals surface area contributed by atoms with Gasteiger partial charge in [-0.2, -0.15) is 0 Å². The van der Waals surface area contributed by atoms with Crippen molar-refractivity contribution in [2.75, 3.05) is 17.9 Å². The van der Waals surface area contributed by atoms with Crippen molar-refractivity contribution >= 4 is 29.1 Å². The Morgan fingerprint density at radius 1 is 1.11 bits per heavy atom. The summed E-state index contributed by atoms with van der Waals surface area (Å²) in [6.45, 7) is 1.66. The van der Waals surface area contributed by atoms with Gasteiger partial charge in [0.05, 0.1) is 5.75 Å². The van der Waals surface area contributed by atoms with E-state index in [9.17, 15) is 9.59 Å². The molecule has 0 fully saturated rings. The molecule has 4 rings (SSSR count). The van der Waals surface area contributed by atoms with Crippen LogP contribution in [-0.2, 0) is 4.79 Å². The molecule has 1 aromatic heterocycles. The maximum Gasteiger partial charge on any atom is 0.277 e. The minimum absolute atomic E-state index is 0.0626. The Balaban J connectivity index is 1.36. The van der Waals surface area contributed by atoms with Gasteiger partial charge in [-0.15, -0.1) is 10.2 Å². The third kappa shape index (κ3) is 3.99. The Bertz CT molecular complexity index is 1050. The van der Waals surface area contributed by atoms with Crippen LogP contribution in [0.25, 0.3) is 11.5 Å². The van der Waals surface area contributed by atoms with Gasteiger partial charge in [0, 0.05) is 16.8 Å². The summed E-state index contributed by atoms with van der Waals surface area (Å²) in [4.78, 5) is 23.6. The molecule has 2 aromatic carbocycles. The first-order valence-electron chi connectivity index (χ1n) is 8.36. The van der Waals surface area contributed by atoms with Crippen molar-refractivity contribution in [3.8, 4) is 23.0 Å². The number of nitrogens with zero attached hydrogens (tertiary/aromatic N) is 2. The maximum absolute atomic E-state index is 12.1. The molecule has 3 aromatic rings. The molecule has 0 aliphatic carbocycles. The number of carbonyl (C=O) groups is 2. The number of ether oxygens (including phenoxy) is 2. The third-order valence-corrected chi connectivity index (χ3v) is 4.72. The number of anilines is 1. The SMILES string of the molecule is CC(=O)c1cccc(NC(=O)CSc2nnc(-c3ccc4c(c3)OCO4)o2)c1. The fraction of sp³-hybridized carbons (Fsp3) is 0.158. The van der Waals surface area contributed by atoms with Gasteiger partial charge >= 0.3 is 0 Å². The molecule has 0 spiro atoms. The number of Topliss-reactive ketones (excluding diaryl/α,β-unsaturated/α-hetero) is 1. The number of benzene rings is 2. The van der Waals surface area contributed by atoms with E-state index >= 15 is 0 Å². The van der Waals surface area contributed by atoms with Crippen LogP contribution in [0.2, 0.25) is 0 Å². The predicted molar refractivity (Wildman–Crippen MR) is 102 cm³/mol. The lowest BCUT2D eigenvalue weighted by atomic mass is 10.1. The fourth-order valence-corrected chi connectivity index (χ4v) is 3.12. The molecule has 28 heavy (non-hydrogen) atoms. The Labute approximate surface area is 164 Å². The van der Waals surface area contributed by atoms with E-state index in [4.69, 9.17) is 13.9 Å². The second-order valence-electron chi connectivity index (χ2n) is 5.92. The maximum atomic E-state index is 12.1. The van der Waals surface area contributed by atoms with Gasteiger partial charge in [0.2, 0.25) is 18.6 Å². The lowest BCUT2D eigenvalue weighted by Crippen LogP contribution is -2.14. The second-order valence-corrected chi connectivity index (χ2v) is 6.84. The second kappa shape index (κ2) is 7.73. The van der Waals surface area contributed by atoms with E-state index < -0.39 is 0 Å². The number of ketones is 1. The van der Waals surface area contributed by atoms with Crippen LogP contribution in [0.4, 0.5) is 5.69 Å². The van der Waals surface area contributed by atoms with Crippen molar-refractivity contribution in [3.05, 3.63) is 48.0 Å². The first-order valence-corrected chi connectivity index (χ1v) is 9.34. The van der Waals surface area contributed by atoms with E-state index in [1.165, 1.54) is 6.92 Å². The average Bonchev–Trinajstić information content (AvgIpc) is 3.35. The number of nitrogens with one attached hydrogen (secondary N) is 1. The first-order chi connectivity index (χ1) is 13.6. The zero-order valence-corrected chi connectivity index (χ0v) is 15.6. The summed E-state index contributed by atoms with van der Waals surface area (Å²) in [5, 5.41) is 11.0. The van der Waals surface area contributed by atoms with Crippen LogP contribution in [0.15, 0.2) is 52.1 Å². The quantitative estimate of drug-likeness (QED) is 0.499. The van der Waals surface area contributed by atoms with Gasteiger partial charge in [-0.1, -0.05) is 23.9 Å². The Morgan fingerprint density at radius 2 is 1.96 bits per heavy atom. The molecule has 0 unspecified atom stereocenters. The number of fused-ring (bicyclic) bond motifs is 1. The van der Waals surface area contributed by atoms with Gasteiger partial charge in [0.15, 0.2) is 17.3 Å². The molecule has 1 aliphatic heterocycles. The summed E-state index contributed by atoms with van der Waals surface area (Å²) in [7, 11) is 0. The van der Waals surface area contributed by atoms with Gasteiger partial charge in [-0.3, -0.25) is 9.59 Å². The van der Waals surface area contributed by atoms with Gasteiger partial charge in [-0.25, -0.2) is 0 Å². The number of hydrogen-bond acceptors (Lipinski definition) is 8. The van der Waals surface area contributed by atoms with Gasteiger partial charge in [-0.05, 0) is 37.3 Å². The Kier molecular flexibility index (Phi) is 4.98. The molecule has 8 nitrogen and oxygen atoms in total. The molecule has 0 atom stereocenters. The number of hydrogen-bond donors (Lipinski definition) is 1. The van der Waals surface area contributed by atoms with E-state index in [2.05, 4.69) is 15.5 Å². The van der Waals surface area contributed by atoms with Crippen LogP contribution >= 0.6 is 11.8 Å². The molecule has 0 saturated heterocycles. The summed E-state index contributed by atoms with van der Waals surface area (Å²) in [6.07, 6.45) is 0. The molecule has 1 N–H and O–H groups in total. The molecule has 0 bridgehead atoms. The topological polar surface area (TPSA) is 104 Å². The normalized spacial score (nSPS) is 12.0. The van der Waals surface area contributed by atoms with Crippen LogP contribution < -0.4 is 14.8 Å². The van der Waals surface area contributed by atoms with Crippen LogP contribution in [-0.4, -0.2) is 34.4 Å². The number of aromatic nitrogens is 2. The van der Waals surface area contributed by atoms with E-state index in [0.717, 1.165) is 11.8 Å². The highest BCUT2D eigenvalue weighted by molar-refractivity contribution is 7.99. The van der Waals surface area contributed by atoms with E-state index in [1.807, 2.05) is 0 Å². The summed E-state index contributed by atoms with van der Waals surface area (Å²) >= 11 is 1.12. The van der Waals surface area contributed by atoms with Crippen molar-refractivity contribution in [1.82, 2.24) is 10.2 Å². The summed E-state index contributed by atoms with van der Waals surface area (Å²) in [6, 6.07) is 12.1. The lowest BCUT2D eigenvalue weighted by Gasteiger charge is -2.05. The Hall–Kier alpha value is -3.33. The first kappa shape index (κ1) is 18.1. The van der Waals surface area contributed by atoms with Crippen molar-refractivity contribution in [2.24, 2.45) is 0 Å². The minimum atomic E-state index is -0.242. The lowest BCUT2D eigenvalue weighted by molar-refractivity contribution is -0.113. The molecule has 0 radical (unpaired) electrons. The molecular weight excluding hydrogens is 382 g/mol. The zero-order valence-electron chi connectivity index (χ0n) is 14.8. The largest absolute Gasteiger partial charge is 0.454 e. The number of amides is 1. The average molecular weight is 397 g/mol. The number of rotatable bonds is 6. The van der Waals surface area contributed by atoms with Crippen molar-refractivity contribution in [2.45, 2.75) is 12.1 Å². The fourth-order valence-electron chi connectivity index (χ4n) is 2.55. The van der Waals surface area contributed by atoms with Crippen molar-refractivity contribution in [3.63, 3.8) is 0 Å².